The summed E-state index contributed by atoms with van der Waals surface area (Å²) in [5.41, 5.74) is 8.32. The molecule has 32 heavy (non-hydrogen) atoms. The zero-order valence-corrected chi connectivity index (χ0v) is 18.0. The zero-order valence-electron chi connectivity index (χ0n) is 17.1. The van der Waals surface area contributed by atoms with Crippen molar-refractivity contribution in [3.05, 3.63) is 83.7 Å². The maximum absolute atomic E-state index is 12.4. The van der Waals surface area contributed by atoms with Crippen LogP contribution in [0.2, 0.25) is 0 Å². The van der Waals surface area contributed by atoms with Crippen LogP contribution in [0, 0.1) is 0 Å². The van der Waals surface area contributed by atoms with Crippen LogP contribution >= 0.6 is 7.60 Å². The maximum atomic E-state index is 12.4. The van der Waals surface area contributed by atoms with Crippen LogP contribution in [0.1, 0.15) is 17.0 Å². The predicted octanol–water partition coefficient (Wildman–Crippen LogP) is 3.07. The van der Waals surface area contributed by atoms with Crippen LogP contribution in [0.15, 0.2) is 66.7 Å². The van der Waals surface area contributed by atoms with Crippen LogP contribution in [0.5, 0.6) is 0 Å². The van der Waals surface area contributed by atoms with Gasteiger partial charge in [-0.05, 0) is 28.5 Å². The van der Waals surface area contributed by atoms with E-state index in [2.05, 4.69) is 9.97 Å². The van der Waals surface area contributed by atoms with Gasteiger partial charge in [0.05, 0.1) is 28.6 Å². The third kappa shape index (κ3) is 5.36. The number of hydrogen-bond donors (Lipinski definition) is 3. The van der Waals surface area contributed by atoms with Gasteiger partial charge >= 0.3 is 13.6 Å². The largest absolute Gasteiger partial charge is 0.460 e. The molecule has 4 N–H and O–H groups in total. The first-order chi connectivity index (χ1) is 15.3. The van der Waals surface area contributed by atoms with Gasteiger partial charge in [0.15, 0.2) is 0 Å². The summed E-state index contributed by atoms with van der Waals surface area (Å²) in [5.74, 6) is -0.628. The lowest BCUT2D eigenvalue weighted by Gasteiger charge is -2.15. The SMILES string of the molecule is NC(Cc1nc2cc3ccccc3cc2nc1CP(=O)(O)O)C(=O)OCc1ccccc1. The third-order valence-corrected chi connectivity index (χ3v) is 5.69. The molecule has 1 aromatic heterocycles. The van der Waals surface area contributed by atoms with Crippen molar-refractivity contribution in [1.82, 2.24) is 9.97 Å². The number of ether oxygens (including phenoxy) is 1. The molecule has 9 heteroatoms. The van der Waals surface area contributed by atoms with E-state index < -0.39 is 25.8 Å². The highest BCUT2D eigenvalue weighted by molar-refractivity contribution is 7.50. The smallest absolute Gasteiger partial charge is 0.331 e. The maximum Gasteiger partial charge on any atom is 0.331 e. The summed E-state index contributed by atoms with van der Waals surface area (Å²) in [6, 6.07) is 19.5. The molecule has 0 fully saturated rings. The molecular formula is C23H22N3O5P. The molecule has 1 unspecified atom stereocenters. The first-order valence-corrected chi connectivity index (χ1v) is 11.8. The van der Waals surface area contributed by atoms with Gasteiger partial charge in [-0.25, -0.2) is 9.97 Å². The molecule has 1 atom stereocenters. The molecule has 8 nitrogen and oxygen atoms in total. The van der Waals surface area contributed by atoms with E-state index in [1.54, 1.807) is 0 Å². The fraction of sp³-hybridized carbons (Fsp3) is 0.174. The van der Waals surface area contributed by atoms with Gasteiger partial charge in [0.2, 0.25) is 0 Å². The van der Waals surface area contributed by atoms with Crippen molar-refractivity contribution in [3.63, 3.8) is 0 Å². The molecule has 1 heterocycles. The van der Waals surface area contributed by atoms with Gasteiger partial charge in [0.1, 0.15) is 12.6 Å². The lowest BCUT2D eigenvalue weighted by Crippen LogP contribution is -2.35. The summed E-state index contributed by atoms with van der Waals surface area (Å²) >= 11 is 0. The average molecular weight is 451 g/mol. The fourth-order valence-electron chi connectivity index (χ4n) is 3.43. The molecule has 0 radical (unpaired) electrons. The van der Waals surface area contributed by atoms with E-state index in [0.717, 1.165) is 16.3 Å². The lowest BCUT2D eigenvalue weighted by atomic mass is 10.1. The Labute approximate surface area is 184 Å². The van der Waals surface area contributed by atoms with Crippen molar-refractivity contribution in [2.45, 2.75) is 25.2 Å². The molecule has 164 valence electrons. The van der Waals surface area contributed by atoms with Crippen molar-refractivity contribution < 1.29 is 23.9 Å². The summed E-state index contributed by atoms with van der Waals surface area (Å²) in [5, 5.41) is 1.89. The van der Waals surface area contributed by atoms with E-state index in [0.29, 0.717) is 11.0 Å². The number of esters is 1. The van der Waals surface area contributed by atoms with Gasteiger partial charge in [0, 0.05) is 6.42 Å². The first kappa shape index (κ1) is 22.0. The Morgan fingerprint density at radius 1 is 0.938 bits per heavy atom. The standard InChI is InChI=1S/C23H22N3O5P/c24-18(23(27)31-13-15-6-2-1-3-7-15)12-21-22(14-32(28,29)30)26-20-11-17-9-5-4-8-16(17)10-19(20)25-21/h1-11,18H,12-14,24H2,(H2,28,29,30). The molecular weight excluding hydrogens is 429 g/mol. The molecule has 3 aromatic carbocycles. The van der Waals surface area contributed by atoms with Gasteiger partial charge in [-0.15, -0.1) is 0 Å². The van der Waals surface area contributed by atoms with Crippen LogP contribution in [0.3, 0.4) is 0 Å². The Kier molecular flexibility index (Phi) is 6.30. The third-order valence-electron chi connectivity index (χ3n) is 4.98. The highest BCUT2D eigenvalue weighted by Crippen LogP contribution is 2.39. The molecule has 4 aromatic rings. The molecule has 0 aliphatic carbocycles. The predicted molar refractivity (Wildman–Crippen MR) is 121 cm³/mol. The van der Waals surface area contributed by atoms with Gasteiger partial charge in [0.25, 0.3) is 0 Å². The van der Waals surface area contributed by atoms with Crippen molar-refractivity contribution in [2.75, 3.05) is 0 Å². The van der Waals surface area contributed by atoms with Gasteiger partial charge < -0.3 is 20.3 Å². The number of aromatic nitrogens is 2. The zero-order chi connectivity index (χ0) is 22.7. The van der Waals surface area contributed by atoms with E-state index in [9.17, 15) is 19.1 Å². The number of nitrogens with zero attached hydrogens (tertiary/aromatic N) is 2. The van der Waals surface area contributed by atoms with Crippen molar-refractivity contribution in [3.8, 4) is 0 Å². The number of carbonyl (C=O) groups excluding carboxylic acids is 1. The van der Waals surface area contributed by atoms with E-state index in [4.69, 9.17) is 10.5 Å². The number of hydrogen-bond acceptors (Lipinski definition) is 6. The number of benzene rings is 3. The quantitative estimate of drug-likeness (QED) is 0.222. The van der Waals surface area contributed by atoms with Crippen molar-refractivity contribution in [1.29, 1.82) is 0 Å². The minimum Gasteiger partial charge on any atom is -0.460 e. The van der Waals surface area contributed by atoms with Gasteiger partial charge in [-0.3, -0.25) is 9.36 Å². The average Bonchev–Trinajstić information content (AvgIpc) is 2.76. The molecule has 4 rings (SSSR count). The molecule has 0 bridgehead atoms. The first-order valence-electron chi connectivity index (χ1n) is 9.97. The molecule has 0 saturated carbocycles. The molecule has 0 spiro atoms. The summed E-state index contributed by atoms with van der Waals surface area (Å²) in [6.45, 7) is 0.0814. The second-order valence-corrected chi connectivity index (χ2v) is 9.18. The highest BCUT2D eigenvalue weighted by Gasteiger charge is 2.24. The van der Waals surface area contributed by atoms with Gasteiger partial charge in [-0.2, -0.15) is 0 Å². The number of carbonyl (C=O) groups is 1. The Bertz CT molecular complexity index is 1320. The minimum atomic E-state index is -4.42. The highest BCUT2D eigenvalue weighted by atomic mass is 31.2. The van der Waals surface area contributed by atoms with Gasteiger partial charge in [-0.1, -0.05) is 54.6 Å². The molecule has 0 amide bonds. The Morgan fingerprint density at radius 3 is 2.09 bits per heavy atom. The Hall–Kier alpha value is -3.16. The topological polar surface area (TPSA) is 136 Å². The van der Waals surface area contributed by atoms with Crippen LogP contribution in [-0.4, -0.2) is 31.8 Å². The van der Waals surface area contributed by atoms with Crippen LogP contribution in [0.25, 0.3) is 21.8 Å². The van der Waals surface area contributed by atoms with Crippen LogP contribution < -0.4 is 5.73 Å². The van der Waals surface area contributed by atoms with Crippen LogP contribution in [-0.2, 0) is 33.3 Å². The molecule has 0 saturated heterocycles. The van der Waals surface area contributed by atoms with Crippen LogP contribution in [0.4, 0.5) is 0 Å². The Morgan fingerprint density at radius 2 is 1.50 bits per heavy atom. The van der Waals surface area contributed by atoms with E-state index >= 15 is 0 Å². The van der Waals surface area contributed by atoms with E-state index in [1.807, 2.05) is 66.7 Å². The molecule has 0 aliphatic rings. The fourth-order valence-corrected chi connectivity index (χ4v) is 4.07. The van der Waals surface area contributed by atoms with E-state index in [-0.39, 0.29) is 24.4 Å². The summed E-state index contributed by atoms with van der Waals surface area (Å²) < 4.78 is 17.0. The van der Waals surface area contributed by atoms with E-state index in [1.165, 1.54) is 0 Å². The minimum absolute atomic E-state index is 0.0568. The van der Waals surface area contributed by atoms with Crippen molar-refractivity contribution >= 4 is 35.4 Å². The molecule has 0 aliphatic heterocycles. The number of fused-ring (bicyclic) bond motifs is 2. The Balaban J connectivity index is 1.62. The normalized spacial score (nSPS) is 12.7. The van der Waals surface area contributed by atoms with Crippen molar-refractivity contribution in [2.24, 2.45) is 5.73 Å². The second kappa shape index (κ2) is 9.14. The monoisotopic (exact) mass is 451 g/mol. The lowest BCUT2D eigenvalue weighted by molar-refractivity contribution is -0.146. The number of nitrogens with two attached hydrogens (primary N) is 1. The second-order valence-electron chi connectivity index (χ2n) is 7.53. The summed E-state index contributed by atoms with van der Waals surface area (Å²) in [7, 11) is -4.42. The number of rotatable bonds is 7. The summed E-state index contributed by atoms with van der Waals surface area (Å²) in [4.78, 5) is 40.4. The summed E-state index contributed by atoms with van der Waals surface area (Å²) in [6.07, 6.45) is -0.650.